The largest absolute Gasteiger partial charge is 0.335 e. The topological polar surface area (TPSA) is 83.3 Å². The number of nitrogens with zero attached hydrogens (tertiary/aromatic N) is 3. The summed E-state index contributed by atoms with van der Waals surface area (Å²) < 4.78 is 5.44. The summed E-state index contributed by atoms with van der Waals surface area (Å²) in [4.78, 5) is 19.7. The van der Waals surface area contributed by atoms with Gasteiger partial charge in [0.05, 0.1) is 16.3 Å². The van der Waals surface area contributed by atoms with Crippen molar-refractivity contribution in [3.05, 3.63) is 29.0 Å². The SMILES string of the molecule is CN1C2CCCC1CC(NC(=O)Nc1cccc(Cl)c1-c1nc(C3CC3)no1)C2. The van der Waals surface area contributed by atoms with E-state index in [2.05, 4.69) is 32.7 Å². The summed E-state index contributed by atoms with van der Waals surface area (Å²) in [5.74, 6) is 1.45. The van der Waals surface area contributed by atoms with Gasteiger partial charge >= 0.3 is 6.03 Å². The van der Waals surface area contributed by atoms with Gasteiger partial charge in [0.2, 0.25) is 0 Å². The lowest BCUT2D eigenvalue weighted by molar-refractivity contribution is 0.0513. The van der Waals surface area contributed by atoms with Crippen molar-refractivity contribution in [2.24, 2.45) is 0 Å². The highest BCUT2D eigenvalue weighted by Crippen LogP contribution is 2.40. The number of hydrogen-bond acceptors (Lipinski definition) is 5. The van der Waals surface area contributed by atoms with Crippen LogP contribution in [0.2, 0.25) is 5.02 Å². The van der Waals surface area contributed by atoms with Crippen LogP contribution < -0.4 is 10.6 Å². The minimum atomic E-state index is -0.219. The molecule has 0 radical (unpaired) electrons. The maximum absolute atomic E-state index is 12.8. The molecular formula is C21H26ClN5O2. The number of aromatic nitrogens is 2. The van der Waals surface area contributed by atoms with Gasteiger partial charge in [-0.3, -0.25) is 0 Å². The lowest BCUT2D eigenvalue weighted by Crippen LogP contribution is -2.55. The number of fused-ring (bicyclic) bond motifs is 2. The van der Waals surface area contributed by atoms with E-state index in [9.17, 15) is 4.79 Å². The Kier molecular flexibility index (Phi) is 4.95. The second-order valence-corrected chi connectivity index (χ2v) is 8.97. The van der Waals surface area contributed by atoms with Crippen LogP contribution in [0.25, 0.3) is 11.5 Å². The molecule has 2 aliphatic heterocycles. The number of anilines is 1. The van der Waals surface area contributed by atoms with Crippen LogP contribution in [0, 0.1) is 0 Å². The van der Waals surface area contributed by atoms with Gasteiger partial charge in [-0.2, -0.15) is 4.98 Å². The van der Waals surface area contributed by atoms with Gasteiger partial charge in [0.15, 0.2) is 5.82 Å². The molecule has 2 saturated heterocycles. The summed E-state index contributed by atoms with van der Waals surface area (Å²) >= 11 is 6.42. The van der Waals surface area contributed by atoms with E-state index in [0.29, 0.717) is 46.0 Å². The Bertz CT molecular complexity index is 898. The van der Waals surface area contributed by atoms with Gasteiger partial charge in [-0.05, 0) is 57.7 Å². The van der Waals surface area contributed by atoms with Crippen LogP contribution in [0.15, 0.2) is 22.7 Å². The van der Waals surface area contributed by atoms with E-state index in [1.54, 1.807) is 12.1 Å². The van der Waals surface area contributed by atoms with Crippen LogP contribution in [0.1, 0.15) is 56.7 Å². The summed E-state index contributed by atoms with van der Waals surface area (Å²) in [5.41, 5.74) is 1.15. The number of benzene rings is 1. The van der Waals surface area contributed by atoms with E-state index < -0.39 is 0 Å². The summed E-state index contributed by atoms with van der Waals surface area (Å²) in [6, 6.07) is 6.48. The molecule has 0 spiro atoms. The zero-order valence-corrected chi connectivity index (χ0v) is 17.3. The minimum Gasteiger partial charge on any atom is -0.335 e. The number of nitrogens with one attached hydrogen (secondary N) is 2. The van der Waals surface area contributed by atoms with Crippen LogP contribution in [-0.4, -0.2) is 46.2 Å². The average Bonchev–Trinajstić information content (AvgIpc) is 3.41. The molecule has 3 heterocycles. The number of amides is 2. The number of piperidine rings is 2. The standard InChI is InChI=1S/C21H26ClN5O2/c1-27-14-4-2-5-15(27)11-13(10-14)23-21(28)24-17-7-3-6-16(22)18(17)20-25-19(26-29-20)12-8-9-12/h3,6-7,12-15H,2,4-5,8-11H2,1H3,(H2,23,24,28). The predicted octanol–water partition coefficient (Wildman–Crippen LogP) is 4.40. The number of hydrogen-bond donors (Lipinski definition) is 2. The third-order valence-electron chi connectivity index (χ3n) is 6.53. The highest BCUT2D eigenvalue weighted by atomic mass is 35.5. The maximum Gasteiger partial charge on any atom is 0.319 e. The van der Waals surface area contributed by atoms with Gasteiger partial charge in [-0.1, -0.05) is 29.2 Å². The first kappa shape index (κ1) is 18.9. The molecule has 2 aromatic rings. The van der Waals surface area contributed by atoms with E-state index >= 15 is 0 Å². The van der Waals surface area contributed by atoms with Gasteiger partial charge in [0.1, 0.15) is 0 Å². The molecule has 2 N–H and O–H groups in total. The average molecular weight is 416 g/mol. The highest BCUT2D eigenvalue weighted by Gasteiger charge is 2.36. The van der Waals surface area contributed by atoms with Gasteiger partial charge in [0, 0.05) is 24.0 Å². The lowest BCUT2D eigenvalue weighted by Gasteiger charge is -2.47. The first-order valence-corrected chi connectivity index (χ1v) is 10.9. The van der Waals surface area contributed by atoms with E-state index in [0.717, 1.165) is 25.7 Å². The minimum absolute atomic E-state index is 0.189. The Hall–Kier alpha value is -2.12. The number of halogens is 1. The highest BCUT2D eigenvalue weighted by molar-refractivity contribution is 6.34. The van der Waals surface area contributed by atoms with Gasteiger partial charge in [0.25, 0.3) is 5.89 Å². The molecule has 1 aromatic heterocycles. The van der Waals surface area contributed by atoms with Crippen LogP contribution in [0.4, 0.5) is 10.5 Å². The van der Waals surface area contributed by atoms with Crippen molar-refractivity contribution in [3.8, 4) is 11.5 Å². The number of carbonyl (C=O) groups is 1. The molecule has 5 rings (SSSR count). The first-order chi connectivity index (χ1) is 14.1. The molecule has 2 atom stereocenters. The molecule has 29 heavy (non-hydrogen) atoms. The van der Waals surface area contributed by atoms with Crippen molar-refractivity contribution < 1.29 is 9.32 Å². The van der Waals surface area contributed by atoms with Crippen molar-refractivity contribution in [1.82, 2.24) is 20.4 Å². The van der Waals surface area contributed by atoms with Crippen LogP contribution >= 0.6 is 11.6 Å². The molecule has 7 nitrogen and oxygen atoms in total. The second-order valence-electron chi connectivity index (χ2n) is 8.57. The summed E-state index contributed by atoms with van der Waals surface area (Å²) in [6.45, 7) is 0. The Morgan fingerprint density at radius 1 is 1.21 bits per heavy atom. The van der Waals surface area contributed by atoms with E-state index in [1.165, 1.54) is 19.3 Å². The molecular weight excluding hydrogens is 390 g/mol. The molecule has 1 aromatic carbocycles. The Balaban J connectivity index is 1.30. The van der Waals surface area contributed by atoms with Crippen LogP contribution in [-0.2, 0) is 0 Å². The normalized spacial score (nSPS) is 26.9. The molecule has 2 bridgehead atoms. The van der Waals surface area contributed by atoms with Gasteiger partial charge in [-0.15, -0.1) is 0 Å². The molecule has 8 heteroatoms. The zero-order chi connectivity index (χ0) is 20.0. The predicted molar refractivity (Wildman–Crippen MR) is 111 cm³/mol. The Morgan fingerprint density at radius 3 is 2.69 bits per heavy atom. The quantitative estimate of drug-likeness (QED) is 0.773. The van der Waals surface area contributed by atoms with E-state index in [1.807, 2.05) is 6.07 Å². The Labute approximate surface area is 175 Å². The monoisotopic (exact) mass is 415 g/mol. The number of rotatable bonds is 4. The fraction of sp³-hybridized carbons (Fsp3) is 0.571. The Morgan fingerprint density at radius 2 is 1.97 bits per heavy atom. The van der Waals surface area contributed by atoms with Crippen molar-refractivity contribution in [1.29, 1.82) is 0 Å². The van der Waals surface area contributed by atoms with E-state index in [4.69, 9.17) is 16.1 Å². The molecule has 154 valence electrons. The lowest BCUT2D eigenvalue weighted by atomic mass is 9.82. The number of urea groups is 1. The smallest absolute Gasteiger partial charge is 0.319 e. The fourth-order valence-electron chi connectivity index (χ4n) is 4.77. The molecule has 1 aliphatic carbocycles. The molecule has 2 unspecified atom stereocenters. The van der Waals surface area contributed by atoms with Gasteiger partial charge < -0.3 is 20.1 Å². The van der Waals surface area contributed by atoms with Crippen molar-refractivity contribution in [2.45, 2.75) is 69.0 Å². The van der Waals surface area contributed by atoms with Crippen molar-refractivity contribution in [3.63, 3.8) is 0 Å². The fourth-order valence-corrected chi connectivity index (χ4v) is 5.02. The third-order valence-corrected chi connectivity index (χ3v) is 6.85. The van der Waals surface area contributed by atoms with E-state index in [-0.39, 0.29) is 12.1 Å². The molecule has 2 amide bonds. The first-order valence-electron chi connectivity index (χ1n) is 10.5. The second kappa shape index (κ2) is 7.61. The van der Waals surface area contributed by atoms with Crippen molar-refractivity contribution >= 4 is 23.3 Å². The maximum atomic E-state index is 12.8. The summed E-state index contributed by atoms with van der Waals surface area (Å²) in [6.07, 6.45) is 7.89. The molecule has 1 saturated carbocycles. The van der Waals surface area contributed by atoms with Gasteiger partial charge in [-0.25, -0.2) is 4.79 Å². The molecule has 3 fully saturated rings. The summed E-state index contributed by atoms with van der Waals surface area (Å²) in [7, 11) is 2.21. The summed E-state index contributed by atoms with van der Waals surface area (Å²) in [5, 5.41) is 10.7. The van der Waals surface area contributed by atoms with Crippen molar-refractivity contribution in [2.75, 3.05) is 12.4 Å². The van der Waals surface area contributed by atoms with Crippen LogP contribution in [0.5, 0.6) is 0 Å². The molecule has 3 aliphatic rings. The number of carbonyl (C=O) groups excluding carboxylic acids is 1. The zero-order valence-electron chi connectivity index (χ0n) is 16.5. The third kappa shape index (κ3) is 3.85. The van der Waals surface area contributed by atoms with Crippen LogP contribution in [0.3, 0.4) is 0 Å².